The van der Waals surface area contributed by atoms with Crippen molar-refractivity contribution in [1.82, 2.24) is 9.55 Å². The van der Waals surface area contributed by atoms with Crippen LogP contribution in [0.25, 0.3) is 5.69 Å². The summed E-state index contributed by atoms with van der Waals surface area (Å²) in [6, 6.07) is 5.86. The highest BCUT2D eigenvalue weighted by molar-refractivity contribution is 9.10. The van der Waals surface area contributed by atoms with Crippen LogP contribution < -0.4 is 0 Å². The van der Waals surface area contributed by atoms with E-state index >= 15 is 0 Å². The average Bonchev–Trinajstić information content (AvgIpc) is 2.60. The third-order valence-corrected chi connectivity index (χ3v) is 3.60. The van der Waals surface area contributed by atoms with Crippen LogP contribution in [0.3, 0.4) is 0 Å². The maximum atomic E-state index is 9.53. The number of hydrogen-bond donors (Lipinski definition) is 1. The summed E-state index contributed by atoms with van der Waals surface area (Å²) in [5, 5.41) is 9.53. The Bertz CT molecular complexity index is 546. The van der Waals surface area contributed by atoms with Gasteiger partial charge in [-0.2, -0.15) is 0 Å². The fraction of sp³-hybridized carbons (Fsp3) is 0.308. The summed E-state index contributed by atoms with van der Waals surface area (Å²) in [5.74, 6) is 0. The van der Waals surface area contributed by atoms with Crippen molar-refractivity contribution in [2.75, 3.05) is 0 Å². The summed E-state index contributed by atoms with van der Waals surface area (Å²) < 4.78 is 2.99. The van der Waals surface area contributed by atoms with E-state index in [0.717, 1.165) is 27.1 Å². The zero-order chi connectivity index (χ0) is 12.6. The maximum Gasteiger partial charge on any atom is 0.0997 e. The van der Waals surface area contributed by atoms with E-state index in [1.165, 1.54) is 0 Å². The fourth-order valence-corrected chi connectivity index (χ4v) is 2.31. The molecule has 2 aromatic rings. The lowest BCUT2D eigenvalue weighted by atomic mass is 10.1. The molecule has 0 aliphatic carbocycles. The Kier molecular flexibility index (Phi) is 3.35. The Labute approximate surface area is 109 Å². The number of aliphatic hydroxyl groups is 1. The molecule has 90 valence electrons. The predicted octanol–water partition coefficient (Wildman–Crippen LogP) is 3.30. The molecule has 17 heavy (non-hydrogen) atoms. The van der Waals surface area contributed by atoms with Gasteiger partial charge in [0.05, 0.1) is 23.8 Å². The van der Waals surface area contributed by atoms with Crippen molar-refractivity contribution in [2.45, 2.75) is 26.9 Å². The van der Waals surface area contributed by atoms with E-state index in [4.69, 9.17) is 0 Å². The molecule has 0 amide bonds. The van der Waals surface area contributed by atoms with Gasteiger partial charge in [0.15, 0.2) is 0 Å². The quantitative estimate of drug-likeness (QED) is 0.923. The van der Waals surface area contributed by atoms with Crippen LogP contribution in [0.2, 0.25) is 0 Å². The molecule has 1 unspecified atom stereocenters. The second-order valence-electron chi connectivity index (χ2n) is 4.17. The molecule has 2 rings (SSSR count). The van der Waals surface area contributed by atoms with Crippen LogP contribution in [-0.4, -0.2) is 14.7 Å². The van der Waals surface area contributed by atoms with Gasteiger partial charge in [-0.05, 0) is 54.4 Å². The zero-order valence-electron chi connectivity index (χ0n) is 10.1. The number of aryl methyl sites for hydroxylation is 1. The molecule has 3 nitrogen and oxygen atoms in total. The maximum absolute atomic E-state index is 9.53. The van der Waals surface area contributed by atoms with E-state index in [9.17, 15) is 5.11 Å². The Hall–Kier alpha value is -1.13. The molecule has 1 aromatic heterocycles. The largest absolute Gasteiger partial charge is 0.389 e. The topological polar surface area (TPSA) is 38.0 Å². The Morgan fingerprint density at radius 1 is 1.35 bits per heavy atom. The van der Waals surface area contributed by atoms with Gasteiger partial charge in [0.1, 0.15) is 0 Å². The van der Waals surface area contributed by atoms with Crippen LogP contribution in [0.4, 0.5) is 0 Å². The normalized spacial score (nSPS) is 12.8. The highest BCUT2D eigenvalue weighted by Crippen LogP contribution is 2.26. The molecular formula is C13H15BrN2O. The van der Waals surface area contributed by atoms with Crippen LogP contribution >= 0.6 is 15.9 Å². The van der Waals surface area contributed by atoms with E-state index in [1.54, 1.807) is 6.92 Å². The monoisotopic (exact) mass is 294 g/mol. The van der Waals surface area contributed by atoms with Gasteiger partial charge < -0.3 is 9.67 Å². The molecule has 0 radical (unpaired) electrons. The summed E-state index contributed by atoms with van der Waals surface area (Å²) in [6.07, 6.45) is 1.36. The van der Waals surface area contributed by atoms with Crippen molar-refractivity contribution < 1.29 is 5.11 Å². The van der Waals surface area contributed by atoms with Gasteiger partial charge in [0.2, 0.25) is 0 Å². The first-order valence-electron chi connectivity index (χ1n) is 5.49. The number of hydrogen-bond acceptors (Lipinski definition) is 2. The minimum absolute atomic E-state index is 0.453. The van der Waals surface area contributed by atoms with Gasteiger partial charge in [0.25, 0.3) is 0 Å². The first-order chi connectivity index (χ1) is 8.00. The highest BCUT2D eigenvalue weighted by atomic mass is 79.9. The standard InChI is InChI=1S/C13H15BrN2O/c1-8-9(2)16(7-15-8)13-5-4-11(10(3)17)6-12(13)14/h4-7,10,17H,1-3H3. The van der Waals surface area contributed by atoms with Crippen LogP contribution in [0.5, 0.6) is 0 Å². The van der Waals surface area contributed by atoms with E-state index in [1.807, 2.05) is 42.9 Å². The number of halogens is 1. The molecule has 0 fully saturated rings. The zero-order valence-corrected chi connectivity index (χ0v) is 11.7. The smallest absolute Gasteiger partial charge is 0.0997 e. The molecular weight excluding hydrogens is 280 g/mol. The molecule has 0 bridgehead atoms. The van der Waals surface area contributed by atoms with Crippen molar-refractivity contribution in [3.63, 3.8) is 0 Å². The second-order valence-corrected chi connectivity index (χ2v) is 5.03. The van der Waals surface area contributed by atoms with Gasteiger partial charge in [-0.1, -0.05) is 6.07 Å². The molecule has 0 saturated heterocycles. The summed E-state index contributed by atoms with van der Waals surface area (Å²) in [5.41, 5.74) is 4.08. The number of aliphatic hydroxyl groups excluding tert-OH is 1. The Morgan fingerprint density at radius 3 is 2.53 bits per heavy atom. The lowest BCUT2D eigenvalue weighted by molar-refractivity contribution is 0.199. The van der Waals surface area contributed by atoms with Crippen molar-refractivity contribution in [3.8, 4) is 5.69 Å². The third-order valence-electron chi connectivity index (χ3n) is 2.97. The first kappa shape index (κ1) is 12.3. The molecule has 0 aliphatic rings. The van der Waals surface area contributed by atoms with E-state index in [-0.39, 0.29) is 0 Å². The van der Waals surface area contributed by atoms with E-state index in [2.05, 4.69) is 20.9 Å². The summed E-state index contributed by atoms with van der Waals surface area (Å²) in [7, 11) is 0. The number of rotatable bonds is 2. The molecule has 1 atom stereocenters. The second kappa shape index (κ2) is 4.63. The molecule has 1 aromatic carbocycles. The lowest BCUT2D eigenvalue weighted by Gasteiger charge is -2.11. The van der Waals surface area contributed by atoms with Crippen molar-refractivity contribution in [1.29, 1.82) is 0 Å². The molecule has 4 heteroatoms. The summed E-state index contributed by atoms with van der Waals surface area (Å²) in [6.45, 7) is 5.79. The third kappa shape index (κ3) is 2.28. The van der Waals surface area contributed by atoms with Gasteiger partial charge in [-0.15, -0.1) is 0 Å². The fourth-order valence-electron chi connectivity index (χ4n) is 1.72. The summed E-state index contributed by atoms with van der Waals surface area (Å²) in [4.78, 5) is 4.28. The SMILES string of the molecule is Cc1ncn(-c2ccc(C(C)O)cc2Br)c1C. The number of imidazole rings is 1. The number of benzene rings is 1. The first-order valence-corrected chi connectivity index (χ1v) is 6.28. The van der Waals surface area contributed by atoms with Crippen LogP contribution in [0.1, 0.15) is 30.0 Å². The molecule has 1 N–H and O–H groups in total. The van der Waals surface area contributed by atoms with Gasteiger partial charge >= 0.3 is 0 Å². The lowest BCUT2D eigenvalue weighted by Crippen LogP contribution is -1.98. The van der Waals surface area contributed by atoms with Gasteiger partial charge in [0, 0.05) is 10.2 Å². The molecule has 0 spiro atoms. The molecule has 0 aliphatic heterocycles. The number of aromatic nitrogens is 2. The minimum Gasteiger partial charge on any atom is -0.389 e. The molecule has 0 saturated carbocycles. The van der Waals surface area contributed by atoms with Gasteiger partial charge in [-0.3, -0.25) is 0 Å². The van der Waals surface area contributed by atoms with E-state index in [0.29, 0.717) is 0 Å². The van der Waals surface area contributed by atoms with Gasteiger partial charge in [-0.25, -0.2) is 4.98 Å². The number of nitrogens with zero attached hydrogens (tertiary/aromatic N) is 2. The van der Waals surface area contributed by atoms with Crippen molar-refractivity contribution >= 4 is 15.9 Å². The van der Waals surface area contributed by atoms with E-state index < -0.39 is 6.10 Å². The van der Waals surface area contributed by atoms with Crippen LogP contribution in [0.15, 0.2) is 29.0 Å². The van der Waals surface area contributed by atoms with Crippen LogP contribution in [-0.2, 0) is 0 Å². The van der Waals surface area contributed by atoms with Crippen molar-refractivity contribution in [2.24, 2.45) is 0 Å². The average molecular weight is 295 g/mol. The Balaban J connectivity index is 2.50. The Morgan fingerprint density at radius 2 is 2.06 bits per heavy atom. The predicted molar refractivity (Wildman–Crippen MR) is 71.4 cm³/mol. The molecule has 1 heterocycles. The minimum atomic E-state index is -0.453. The van der Waals surface area contributed by atoms with Crippen molar-refractivity contribution in [3.05, 3.63) is 46.0 Å². The summed E-state index contributed by atoms with van der Waals surface area (Å²) >= 11 is 3.54. The highest BCUT2D eigenvalue weighted by Gasteiger charge is 2.09. The van der Waals surface area contributed by atoms with Crippen LogP contribution in [0, 0.1) is 13.8 Å².